The van der Waals surface area contributed by atoms with Gasteiger partial charge in [-0.05, 0) is 37.5 Å². The summed E-state index contributed by atoms with van der Waals surface area (Å²) in [5.74, 6) is 5.98. The number of allylic oxidation sites excluding steroid dienone is 4. The average molecular weight is 326 g/mol. The van der Waals surface area contributed by atoms with Crippen molar-refractivity contribution >= 4 is 11.8 Å². The molecule has 0 spiro atoms. The van der Waals surface area contributed by atoms with Crippen molar-refractivity contribution in [3.63, 3.8) is 0 Å². The zero-order valence-electron chi connectivity index (χ0n) is 13.8. The summed E-state index contributed by atoms with van der Waals surface area (Å²) < 4.78 is 0. The maximum absolute atomic E-state index is 10.3. The number of nitrogens with two attached hydrogens (primary N) is 2. The minimum atomic E-state index is -0.571. The van der Waals surface area contributed by atoms with Gasteiger partial charge in [-0.25, -0.2) is 4.98 Å². The van der Waals surface area contributed by atoms with Crippen LogP contribution >= 0.6 is 0 Å². The quantitative estimate of drug-likeness (QED) is 0.265. The van der Waals surface area contributed by atoms with Gasteiger partial charge >= 0.3 is 0 Å². The minimum Gasteiger partial charge on any atom is -0.404 e. The summed E-state index contributed by atoms with van der Waals surface area (Å²) in [6, 6.07) is -0.571. The summed E-state index contributed by atoms with van der Waals surface area (Å²) in [6.07, 6.45) is 9.49. The summed E-state index contributed by atoms with van der Waals surface area (Å²) in [5, 5.41) is 10.8. The van der Waals surface area contributed by atoms with E-state index < -0.39 is 6.04 Å². The average Bonchev–Trinajstić information content (AvgIpc) is 3.03. The second-order valence-corrected chi connectivity index (χ2v) is 5.07. The van der Waals surface area contributed by atoms with Crippen LogP contribution in [0.5, 0.6) is 0 Å². The van der Waals surface area contributed by atoms with Gasteiger partial charge in [-0.15, -0.1) is 4.91 Å². The molecule has 0 aliphatic rings. The van der Waals surface area contributed by atoms with Gasteiger partial charge in [-0.3, -0.25) is 0 Å². The molecule has 0 saturated carbocycles. The fourth-order valence-corrected chi connectivity index (χ4v) is 1.73. The first kappa shape index (κ1) is 18.9. The Morgan fingerprint density at radius 3 is 2.96 bits per heavy atom. The van der Waals surface area contributed by atoms with E-state index in [2.05, 4.69) is 27.0 Å². The lowest BCUT2D eigenvalue weighted by atomic mass is 10.1. The molecule has 0 aliphatic carbocycles. The molecule has 0 fully saturated rings. The molecule has 7 heteroatoms. The molecule has 7 nitrogen and oxygen atoms in total. The van der Waals surface area contributed by atoms with Gasteiger partial charge < -0.3 is 21.9 Å². The topological polar surface area (TPSA) is 134 Å². The molecule has 0 aliphatic heterocycles. The third kappa shape index (κ3) is 6.32. The van der Waals surface area contributed by atoms with E-state index in [1.807, 2.05) is 6.92 Å². The van der Waals surface area contributed by atoms with Crippen molar-refractivity contribution in [2.45, 2.75) is 32.7 Å². The molecule has 24 heavy (non-hydrogen) atoms. The van der Waals surface area contributed by atoms with E-state index in [9.17, 15) is 4.91 Å². The molecule has 6 N–H and O–H groups in total. The number of nitrogens with one attached hydrogen (secondary N) is 2. The van der Waals surface area contributed by atoms with E-state index in [1.54, 1.807) is 31.3 Å². The highest BCUT2D eigenvalue weighted by Gasteiger charge is 2.01. The van der Waals surface area contributed by atoms with Crippen molar-refractivity contribution in [2.75, 3.05) is 0 Å². The second kappa shape index (κ2) is 9.79. The number of hydrogen-bond acceptors (Lipinski definition) is 6. The number of aromatic amines is 1. The Hall–Kier alpha value is -3.14. The molecule has 0 aromatic carbocycles. The molecular weight excluding hydrogens is 304 g/mol. The Bertz CT molecular complexity index is 730. The normalized spacial score (nSPS) is 13.4. The zero-order chi connectivity index (χ0) is 17.9. The van der Waals surface area contributed by atoms with Gasteiger partial charge in [0.05, 0.1) is 11.9 Å². The third-order valence-corrected chi connectivity index (χ3v) is 2.95. The van der Waals surface area contributed by atoms with Gasteiger partial charge in [0, 0.05) is 17.5 Å². The van der Waals surface area contributed by atoms with E-state index in [1.165, 1.54) is 6.20 Å². The van der Waals surface area contributed by atoms with Crippen LogP contribution in [0, 0.1) is 22.2 Å². The van der Waals surface area contributed by atoms with Crippen LogP contribution in [0.2, 0.25) is 0 Å². The Morgan fingerprint density at radius 2 is 2.33 bits per heavy atom. The SMILES string of the molecule is CCC/C(N)=C\C(=C/N)C(=N)/C=C\c1ncc(C#CC(C)N=O)[nH]1. The number of aromatic nitrogens is 2. The molecule has 0 bridgehead atoms. The van der Waals surface area contributed by atoms with E-state index in [4.69, 9.17) is 16.9 Å². The fraction of sp³-hybridized carbons (Fsp3) is 0.294. The van der Waals surface area contributed by atoms with Gasteiger partial charge in [0.2, 0.25) is 0 Å². The summed E-state index contributed by atoms with van der Waals surface area (Å²) in [5.41, 5.74) is 13.4. The summed E-state index contributed by atoms with van der Waals surface area (Å²) in [4.78, 5) is 17.4. The zero-order valence-corrected chi connectivity index (χ0v) is 13.8. The predicted octanol–water partition coefficient (Wildman–Crippen LogP) is 2.43. The monoisotopic (exact) mass is 326 g/mol. The highest BCUT2D eigenvalue weighted by atomic mass is 16.3. The molecule has 1 unspecified atom stereocenters. The fourth-order valence-electron chi connectivity index (χ4n) is 1.73. The van der Waals surface area contributed by atoms with E-state index >= 15 is 0 Å². The number of nitroso groups, excluding NO2 is 1. The largest absolute Gasteiger partial charge is 0.404 e. The Balaban J connectivity index is 2.79. The van der Waals surface area contributed by atoms with E-state index in [0.29, 0.717) is 22.8 Å². The number of rotatable bonds is 7. The first-order valence-corrected chi connectivity index (χ1v) is 7.54. The van der Waals surface area contributed by atoms with Crippen LogP contribution in [0.4, 0.5) is 0 Å². The first-order chi connectivity index (χ1) is 11.5. The van der Waals surface area contributed by atoms with Crippen LogP contribution in [-0.4, -0.2) is 21.7 Å². The Morgan fingerprint density at radius 1 is 1.58 bits per heavy atom. The van der Waals surface area contributed by atoms with Crippen molar-refractivity contribution in [1.82, 2.24) is 9.97 Å². The molecule has 1 heterocycles. The molecular formula is C17H22N6O. The van der Waals surface area contributed by atoms with Crippen molar-refractivity contribution in [3.05, 3.63) is 52.2 Å². The van der Waals surface area contributed by atoms with Gasteiger partial charge in [0.25, 0.3) is 0 Å². The predicted molar refractivity (Wildman–Crippen MR) is 96.9 cm³/mol. The van der Waals surface area contributed by atoms with Crippen LogP contribution in [0.25, 0.3) is 6.08 Å². The van der Waals surface area contributed by atoms with Crippen LogP contribution < -0.4 is 11.5 Å². The molecule has 0 amide bonds. The van der Waals surface area contributed by atoms with Gasteiger partial charge in [0.15, 0.2) is 0 Å². The van der Waals surface area contributed by atoms with Crippen molar-refractivity contribution in [1.29, 1.82) is 5.41 Å². The lowest BCUT2D eigenvalue weighted by molar-refractivity contribution is 0.892. The molecule has 0 radical (unpaired) electrons. The lowest BCUT2D eigenvalue weighted by Crippen LogP contribution is -2.03. The molecule has 126 valence electrons. The smallest absolute Gasteiger partial charge is 0.150 e. The summed E-state index contributed by atoms with van der Waals surface area (Å²) in [6.45, 7) is 3.64. The molecule has 1 aromatic heterocycles. The van der Waals surface area contributed by atoms with Crippen molar-refractivity contribution in [3.8, 4) is 11.8 Å². The standard InChI is InChI=1S/C17H22N6O/c1-3-4-14(19)9-13(10-18)16(20)7-8-17-21-11-15(22-17)6-5-12(2)23-24/h7-12,20H,3-4,18-19H2,1-2H3,(H,21,22)/b8-7-,13-10+,14-9+,20-16?. The molecule has 1 atom stereocenters. The van der Waals surface area contributed by atoms with E-state index in [-0.39, 0.29) is 5.71 Å². The minimum absolute atomic E-state index is 0.222. The highest BCUT2D eigenvalue weighted by molar-refractivity contribution is 6.10. The molecule has 0 saturated heterocycles. The van der Waals surface area contributed by atoms with Crippen LogP contribution in [0.15, 0.2) is 41.0 Å². The number of nitrogens with zero attached hydrogens (tertiary/aromatic N) is 2. The van der Waals surface area contributed by atoms with Gasteiger partial charge in [-0.1, -0.05) is 24.4 Å². The summed E-state index contributed by atoms with van der Waals surface area (Å²) in [7, 11) is 0. The number of imidazole rings is 1. The van der Waals surface area contributed by atoms with Crippen LogP contribution in [0.1, 0.15) is 38.2 Å². The second-order valence-electron chi connectivity index (χ2n) is 5.07. The Kier molecular flexibility index (Phi) is 7.71. The Labute approximate surface area is 141 Å². The number of H-pyrrole nitrogens is 1. The maximum Gasteiger partial charge on any atom is 0.150 e. The van der Waals surface area contributed by atoms with Gasteiger partial charge in [0.1, 0.15) is 17.6 Å². The van der Waals surface area contributed by atoms with Gasteiger partial charge in [-0.2, -0.15) is 0 Å². The van der Waals surface area contributed by atoms with Crippen LogP contribution in [-0.2, 0) is 0 Å². The third-order valence-electron chi connectivity index (χ3n) is 2.95. The van der Waals surface area contributed by atoms with Crippen LogP contribution in [0.3, 0.4) is 0 Å². The maximum atomic E-state index is 10.3. The first-order valence-electron chi connectivity index (χ1n) is 7.54. The lowest BCUT2D eigenvalue weighted by Gasteiger charge is -2.02. The molecule has 1 rings (SSSR count). The molecule has 1 aromatic rings. The summed E-state index contributed by atoms with van der Waals surface area (Å²) >= 11 is 0. The highest BCUT2D eigenvalue weighted by Crippen LogP contribution is 2.07. The van der Waals surface area contributed by atoms with Crippen molar-refractivity contribution < 1.29 is 0 Å². The van der Waals surface area contributed by atoms with E-state index in [0.717, 1.165) is 12.8 Å². The number of hydrogen-bond donors (Lipinski definition) is 4. The van der Waals surface area contributed by atoms with Crippen molar-refractivity contribution in [2.24, 2.45) is 16.6 Å².